The number of hydrogen-bond donors (Lipinski definition) is 9. The second kappa shape index (κ2) is 14.5. The van der Waals surface area contributed by atoms with E-state index in [2.05, 4.69) is 41.5 Å². The standard InChI is InChI=1S/C42H72O14/c1-19-28(46)30(48)32(50)35(52-19)55-33-31(49)29(47)23(18-43)54-36(33)53-22-17-41(8)24(39(6)13-11-25(45)37(2,3)34(22)39)16-21(44)27-20(10-14-40(27,41)7)42(9)15-12-26(56-42)38(4,5)51/h19-36,43-51H,10-18H2,1-9H3/t19-,20-,21+,22-,23+,24+,25-,26-,27-,28-,29+,30+,31-,32+,33+,34-,35-,36+,39+,40+,41+,42-/m0/s1. The summed E-state index contributed by atoms with van der Waals surface area (Å²) >= 11 is 0. The molecule has 4 aliphatic carbocycles. The summed E-state index contributed by atoms with van der Waals surface area (Å²) < 4.78 is 32.0. The Bertz CT molecular complexity index is 1430. The van der Waals surface area contributed by atoms with Gasteiger partial charge in [0.1, 0.15) is 42.7 Å². The van der Waals surface area contributed by atoms with Crippen LogP contribution in [0.3, 0.4) is 0 Å². The molecule has 14 nitrogen and oxygen atoms in total. The van der Waals surface area contributed by atoms with Gasteiger partial charge in [-0.05, 0) is 124 Å². The molecule has 14 heteroatoms. The summed E-state index contributed by atoms with van der Waals surface area (Å²) in [4.78, 5) is 0. The van der Waals surface area contributed by atoms with Crippen molar-refractivity contribution in [3.05, 3.63) is 0 Å². The van der Waals surface area contributed by atoms with Gasteiger partial charge in [-0.3, -0.25) is 0 Å². The summed E-state index contributed by atoms with van der Waals surface area (Å²) in [6.07, 6.45) is -11.0. The molecule has 0 aromatic carbocycles. The molecule has 9 N–H and O–H groups in total. The van der Waals surface area contributed by atoms with E-state index in [-0.39, 0.29) is 35.2 Å². The maximum absolute atomic E-state index is 12.4. The van der Waals surface area contributed by atoms with Gasteiger partial charge in [0, 0.05) is 0 Å². The van der Waals surface area contributed by atoms with E-state index >= 15 is 0 Å². The average molecular weight is 801 g/mol. The summed E-state index contributed by atoms with van der Waals surface area (Å²) in [6, 6.07) is 0. The minimum absolute atomic E-state index is 0.0557. The van der Waals surface area contributed by atoms with E-state index < -0.39 is 114 Å². The van der Waals surface area contributed by atoms with Crippen LogP contribution in [0.25, 0.3) is 0 Å². The fourth-order valence-electron chi connectivity index (χ4n) is 14.1. The number of ether oxygens (including phenoxy) is 5. The van der Waals surface area contributed by atoms with Gasteiger partial charge in [0.2, 0.25) is 0 Å². The molecule has 324 valence electrons. The summed E-state index contributed by atoms with van der Waals surface area (Å²) in [5.74, 6) is -0.246. The normalized spacial score (nSPS) is 57.3. The van der Waals surface area contributed by atoms with Crippen molar-refractivity contribution in [1.29, 1.82) is 0 Å². The van der Waals surface area contributed by atoms with Crippen molar-refractivity contribution in [2.24, 2.45) is 45.3 Å². The van der Waals surface area contributed by atoms with Crippen molar-refractivity contribution in [1.82, 2.24) is 0 Å². The Morgan fingerprint density at radius 1 is 0.732 bits per heavy atom. The van der Waals surface area contributed by atoms with Crippen LogP contribution in [0.2, 0.25) is 0 Å². The maximum atomic E-state index is 12.4. The molecule has 0 bridgehead atoms. The van der Waals surface area contributed by atoms with Crippen molar-refractivity contribution in [3.63, 3.8) is 0 Å². The minimum Gasteiger partial charge on any atom is -0.394 e. The molecule has 3 heterocycles. The van der Waals surface area contributed by atoms with Crippen LogP contribution in [0.1, 0.15) is 114 Å². The number of hydrogen-bond acceptors (Lipinski definition) is 14. The first-order chi connectivity index (χ1) is 25.9. The lowest BCUT2D eigenvalue weighted by molar-refractivity contribution is -0.382. The summed E-state index contributed by atoms with van der Waals surface area (Å²) in [5, 5.41) is 99.5. The van der Waals surface area contributed by atoms with Crippen LogP contribution in [0.4, 0.5) is 0 Å². The van der Waals surface area contributed by atoms with Gasteiger partial charge >= 0.3 is 0 Å². The van der Waals surface area contributed by atoms with Gasteiger partial charge in [-0.25, -0.2) is 0 Å². The average Bonchev–Trinajstić information content (AvgIpc) is 3.71. The number of fused-ring (bicyclic) bond motifs is 5. The molecular formula is C42H72O14. The Hall–Kier alpha value is -0.560. The first kappa shape index (κ1) is 43.5. The van der Waals surface area contributed by atoms with E-state index in [1.165, 1.54) is 6.92 Å². The van der Waals surface area contributed by atoms with Crippen molar-refractivity contribution in [3.8, 4) is 0 Å². The highest BCUT2D eigenvalue weighted by Gasteiger charge is 2.74. The fraction of sp³-hybridized carbons (Fsp3) is 1.00. The quantitative estimate of drug-likeness (QED) is 0.166. The van der Waals surface area contributed by atoms with Crippen LogP contribution in [0, 0.1) is 45.3 Å². The molecule has 7 fully saturated rings. The monoisotopic (exact) mass is 800 g/mol. The van der Waals surface area contributed by atoms with Crippen LogP contribution >= 0.6 is 0 Å². The van der Waals surface area contributed by atoms with Gasteiger partial charge in [0.25, 0.3) is 0 Å². The molecule has 7 aliphatic rings. The third-order valence-electron chi connectivity index (χ3n) is 17.3. The van der Waals surface area contributed by atoms with E-state index in [0.717, 1.165) is 25.7 Å². The third kappa shape index (κ3) is 6.49. The van der Waals surface area contributed by atoms with Crippen molar-refractivity contribution < 1.29 is 69.6 Å². The molecule has 0 aromatic heterocycles. The molecule has 3 saturated heterocycles. The lowest BCUT2D eigenvalue weighted by atomic mass is 9.34. The molecule has 0 spiro atoms. The predicted octanol–water partition coefficient (Wildman–Crippen LogP) is 1.36. The highest BCUT2D eigenvalue weighted by atomic mass is 16.8. The summed E-state index contributed by atoms with van der Waals surface area (Å²) in [5.41, 5.74) is -3.36. The topological polar surface area (TPSA) is 228 Å². The maximum Gasteiger partial charge on any atom is 0.187 e. The van der Waals surface area contributed by atoms with Gasteiger partial charge in [0.15, 0.2) is 12.6 Å². The molecule has 0 radical (unpaired) electrons. The molecule has 0 unspecified atom stereocenters. The molecule has 0 aromatic rings. The Morgan fingerprint density at radius 3 is 2.04 bits per heavy atom. The molecule has 4 saturated carbocycles. The molecule has 3 aliphatic heterocycles. The zero-order chi connectivity index (χ0) is 41.3. The fourth-order valence-corrected chi connectivity index (χ4v) is 14.1. The van der Waals surface area contributed by atoms with Crippen LogP contribution in [0.15, 0.2) is 0 Å². The summed E-state index contributed by atoms with van der Waals surface area (Å²) in [6.45, 7) is 17.6. The molecule has 22 atom stereocenters. The Morgan fingerprint density at radius 2 is 1.41 bits per heavy atom. The van der Waals surface area contributed by atoms with Gasteiger partial charge < -0.3 is 69.6 Å². The Labute approximate surface area is 331 Å². The Kier molecular flexibility index (Phi) is 11.3. The van der Waals surface area contributed by atoms with Crippen LogP contribution in [0.5, 0.6) is 0 Å². The van der Waals surface area contributed by atoms with E-state index in [4.69, 9.17) is 23.7 Å². The Balaban J connectivity index is 1.26. The van der Waals surface area contributed by atoms with Gasteiger partial charge in [-0.2, -0.15) is 0 Å². The second-order valence-electron chi connectivity index (χ2n) is 21.2. The first-order valence-electron chi connectivity index (χ1n) is 21.2. The third-order valence-corrected chi connectivity index (χ3v) is 17.3. The SMILES string of the molecule is C[C@@H]1O[C@@H](O[C@H]2[C@H](O[C@H]3C[C@]4(C)[C@H](C[C@@H](O)[C@@H]5[C@@H]([C@]6(C)CC[C@@H](C(C)(C)O)O6)CC[C@]54C)[C@@]4(C)CC[C@H](O)C(C)(C)[C@H]34)O[C@H](CO)[C@@H](O)[C@@H]2O)[C@H](O)[C@H](O)[C@H]1O. The molecule has 0 amide bonds. The van der Waals surface area contributed by atoms with E-state index in [9.17, 15) is 46.0 Å². The van der Waals surface area contributed by atoms with Gasteiger partial charge in [-0.15, -0.1) is 0 Å². The molecule has 56 heavy (non-hydrogen) atoms. The first-order valence-corrected chi connectivity index (χ1v) is 21.2. The second-order valence-corrected chi connectivity index (χ2v) is 21.2. The lowest BCUT2D eigenvalue weighted by Gasteiger charge is -2.72. The molecular weight excluding hydrogens is 728 g/mol. The smallest absolute Gasteiger partial charge is 0.187 e. The zero-order valence-corrected chi connectivity index (χ0v) is 34.8. The highest BCUT2D eigenvalue weighted by Crippen LogP contribution is 2.76. The zero-order valence-electron chi connectivity index (χ0n) is 34.8. The van der Waals surface area contributed by atoms with Crippen molar-refractivity contribution >= 4 is 0 Å². The van der Waals surface area contributed by atoms with Gasteiger partial charge in [-0.1, -0.05) is 34.6 Å². The van der Waals surface area contributed by atoms with Crippen molar-refractivity contribution in [2.75, 3.05) is 6.61 Å². The number of aliphatic hydroxyl groups is 9. The van der Waals surface area contributed by atoms with Crippen LogP contribution in [-0.2, 0) is 23.7 Å². The van der Waals surface area contributed by atoms with Crippen molar-refractivity contribution in [2.45, 2.75) is 211 Å². The van der Waals surface area contributed by atoms with Gasteiger partial charge in [0.05, 0.1) is 48.3 Å². The number of rotatable bonds is 7. The lowest BCUT2D eigenvalue weighted by Crippen LogP contribution is -2.71. The van der Waals surface area contributed by atoms with E-state index in [1.54, 1.807) is 13.8 Å². The minimum atomic E-state index is -1.70. The van der Waals surface area contributed by atoms with Crippen LogP contribution in [-0.4, -0.2) is 150 Å². The van der Waals surface area contributed by atoms with E-state index in [1.807, 2.05) is 0 Å². The summed E-state index contributed by atoms with van der Waals surface area (Å²) in [7, 11) is 0. The van der Waals surface area contributed by atoms with Crippen LogP contribution < -0.4 is 0 Å². The molecule has 7 rings (SSSR count). The predicted molar refractivity (Wildman–Crippen MR) is 200 cm³/mol. The number of aliphatic hydroxyl groups excluding tert-OH is 8. The highest BCUT2D eigenvalue weighted by molar-refractivity contribution is 5.22. The largest absolute Gasteiger partial charge is 0.394 e. The van der Waals surface area contributed by atoms with E-state index in [0.29, 0.717) is 25.7 Å².